The van der Waals surface area contributed by atoms with Gasteiger partial charge in [-0.15, -0.1) is 0 Å². The lowest BCUT2D eigenvalue weighted by Gasteiger charge is -2.32. The molecule has 28 heavy (non-hydrogen) atoms. The molecule has 0 saturated carbocycles. The van der Waals surface area contributed by atoms with Crippen molar-refractivity contribution in [1.82, 2.24) is 0 Å². The van der Waals surface area contributed by atoms with Gasteiger partial charge in [-0.2, -0.15) is 0 Å². The van der Waals surface area contributed by atoms with E-state index in [9.17, 15) is 14.7 Å². The van der Waals surface area contributed by atoms with Crippen molar-refractivity contribution < 1.29 is 24.2 Å². The van der Waals surface area contributed by atoms with E-state index in [1.165, 1.54) is 30.9 Å². The lowest BCUT2D eigenvalue weighted by atomic mass is 9.80. The lowest BCUT2D eigenvalue weighted by molar-refractivity contribution is -0.105. The molecule has 0 saturated heterocycles. The van der Waals surface area contributed by atoms with E-state index in [2.05, 4.69) is 26.8 Å². The first-order chi connectivity index (χ1) is 13.3. The smallest absolute Gasteiger partial charge is 0.338 e. The third-order valence-electron chi connectivity index (χ3n) is 5.25. The molecule has 0 heterocycles. The molecule has 0 radical (unpaired) electrons. The Labute approximate surface area is 167 Å². The number of carbonyl (C=O) groups excluding carboxylic acids is 2. The van der Waals surface area contributed by atoms with Crippen molar-refractivity contribution >= 4 is 12.3 Å². The largest absolute Gasteiger partial charge is 0.504 e. The Bertz CT molecular complexity index is 773. The number of rotatable bonds is 4. The molecule has 0 bridgehead atoms. The third-order valence-corrected chi connectivity index (χ3v) is 5.25. The van der Waals surface area contributed by atoms with E-state index in [-0.39, 0.29) is 16.9 Å². The van der Waals surface area contributed by atoms with Gasteiger partial charge in [-0.3, -0.25) is 4.79 Å². The molecule has 1 aromatic rings. The number of aromatic hydroxyl groups is 1. The molecule has 1 aromatic carbocycles. The number of phenols is 1. The Morgan fingerprint density at radius 2 is 2.04 bits per heavy atom. The SMILES string of the molecule is COc1cc(C(=O)OC2C=C(C=O)CCC=C(C)CCCC2(C)C)ccc1O. The van der Waals surface area contributed by atoms with Crippen molar-refractivity contribution in [3.8, 4) is 11.5 Å². The molecule has 5 heteroatoms. The molecule has 0 fully saturated rings. The molecule has 0 aromatic heterocycles. The summed E-state index contributed by atoms with van der Waals surface area (Å²) in [6, 6.07) is 4.35. The van der Waals surface area contributed by atoms with Crippen molar-refractivity contribution in [2.75, 3.05) is 7.11 Å². The van der Waals surface area contributed by atoms with Crippen LogP contribution < -0.4 is 4.74 Å². The first-order valence-corrected chi connectivity index (χ1v) is 9.66. The van der Waals surface area contributed by atoms with E-state index in [4.69, 9.17) is 9.47 Å². The molecule has 1 aliphatic rings. The summed E-state index contributed by atoms with van der Waals surface area (Å²) < 4.78 is 10.9. The maximum atomic E-state index is 12.8. The average Bonchev–Trinajstić information content (AvgIpc) is 2.67. The summed E-state index contributed by atoms with van der Waals surface area (Å²) in [6.07, 6.45) is 8.55. The Hall–Kier alpha value is -2.56. The predicted octanol–water partition coefficient (Wildman–Crippen LogP) is 4.99. The maximum absolute atomic E-state index is 12.8. The Balaban J connectivity index is 2.30. The van der Waals surface area contributed by atoms with Crippen LogP contribution in [0.5, 0.6) is 11.5 Å². The van der Waals surface area contributed by atoms with Crippen LogP contribution in [0.2, 0.25) is 0 Å². The average molecular weight is 386 g/mol. The van der Waals surface area contributed by atoms with Gasteiger partial charge < -0.3 is 14.6 Å². The van der Waals surface area contributed by atoms with Crippen molar-refractivity contribution in [2.24, 2.45) is 5.41 Å². The fourth-order valence-corrected chi connectivity index (χ4v) is 3.34. The van der Waals surface area contributed by atoms with Crippen molar-refractivity contribution in [2.45, 2.75) is 59.0 Å². The Morgan fingerprint density at radius 3 is 2.71 bits per heavy atom. The molecule has 152 valence electrons. The van der Waals surface area contributed by atoms with Gasteiger partial charge in [0.15, 0.2) is 11.5 Å². The summed E-state index contributed by atoms with van der Waals surface area (Å²) >= 11 is 0. The molecular weight excluding hydrogens is 356 g/mol. The number of benzene rings is 1. The number of hydrogen-bond donors (Lipinski definition) is 1. The van der Waals surface area contributed by atoms with E-state index in [0.717, 1.165) is 32.0 Å². The number of methoxy groups -OCH3 is 1. The lowest BCUT2D eigenvalue weighted by Crippen LogP contribution is -2.33. The van der Waals surface area contributed by atoms with Gasteiger partial charge in [0.1, 0.15) is 12.4 Å². The van der Waals surface area contributed by atoms with Gasteiger partial charge >= 0.3 is 5.97 Å². The number of esters is 1. The molecule has 1 unspecified atom stereocenters. The van der Waals surface area contributed by atoms with Crippen molar-refractivity contribution in [3.63, 3.8) is 0 Å². The summed E-state index contributed by atoms with van der Waals surface area (Å²) in [5.41, 5.74) is 1.93. The maximum Gasteiger partial charge on any atom is 0.338 e. The van der Waals surface area contributed by atoms with Gasteiger partial charge in [-0.25, -0.2) is 4.79 Å². The first kappa shape index (κ1) is 21.7. The number of carbonyl (C=O) groups is 2. The number of aldehydes is 1. The van der Waals surface area contributed by atoms with Gasteiger partial charge in [0.25, 0.3) is 0 Å². The fourth-order valence-electron chi connectivity index (χ4n) is 3.34. The monoisotopic (exact) mass is 386 g/mol. The summed E-state index contributed by atoms with van der Waals surface area (Å²) in [6.45, 7) is 6.22. The Kier molecular flexibility index (Phi) is 7.44. The summed E-state index contributed by atoms with van der Waals surface area (Å²) in [5, 5.41) is 9.73. The minimum Gasteiger partial charge on any atom is -0.504 e. The highest BCUT2D eigenvalue weighted by Crippen LogP contribution is 2.34. The highest BCUT2D eigenvalue weighted by molar-refractivity contribution is 5.90. The number of allylic oxidation sites excluding steroid dienone is 3. The molecular formula is C23H30O5. The van der Waals surface area contributed by atoms with Crippen LogP contribution in [0, 0.1) is 5.41 Å². The molecule has 0 spiro atoms. The van der Waals surface area contributed by atoms with E-state index >= 15 is 0 Å². The molecule has 0 amide bonds. The van der Waals surface area contributed by atoms with Crippen molar-refractivity contribution in [1.29, 1.82) is 0 Å². The molecule has 2 rings (SSSR count). The van der Waals surface area contributed by atoms with Crippen LogP contribution in [0.15, 0.2) is 41.5 Å². The normalized spacial score (nSPS) is 20.2. The third kappa shape index (κ3) is 5.72. The first-order valence-electron chi connectivity index (χ1n) is 9.66. The molecule has 1 aliphatic carbocycles. The highest BCUT2D eigenvalue weighted by atomic mass is 16.5. The second-order valence-corrected chi connectivity index (χ2v) is 8.00. The van der Waals surface area contributed by atoms with Crippen molar-refractivity contribution in [3.05, 3.63) is 47.1 Å². The van der Waals surface area contributed by atoms with Crippen LogP contribution in [-0.4, -0.2) is 30.6 Å². The number of phenolic OH excluding ortho intramolecular Hbond substituents is 1. The summed E-state index contributed by atoms with van der Waals surface area (Å²) in [5.74, 6) is -0.343. The summed E-state index contributed by atoms with van der Waals surface area (Å²) in [7, 11) is 1.42. The highest BCUT2D eigenvalue weighted by Gasteiger charge is 2.32. The second kappa shape index (κ2) is 9.58. The van der Waals surface area contributed by atoms with Gasteiger partial charge in [0.05, 0.1) is 12.7 Å². The minimum atomic E-state index is -0.529. The topological polar surface area (TPSA) is 72.8 Å². The van der Waals surface area contributed by atoms with Gasteiger partial charge in [-0.1, -0.05) is 25.5 Å². The minimum absolute atomic E-state index is 0.0414. The zero-order chi connectivity index (χ0) is 20.7. The van der Waals surface area contributed by atoms with Gasteiger partial charge in [0, 0.05) is 5.41 Å². The van der Waals surface area contributed by atoms with E-state index in [1.54, 1.807) is 6.08 Å². The van der Waals surface area contributed by atoms with Crippen LogP contribution in [0.3, 0.4) is 0 Å². The van der Waals surface area contributed by atoms with Crippen LogP contribution in [0.25, 0.3) is 0 Å². The van der Waals surface area contributed by atoms with Crippen LogP contribution in [0.4, 0.5) is 0 Å². The predicted molar refractivity (Wildman–Crippen MR) is 109 cm³/mol. The summed E-state index contributed by atoms with van der Waals surface area (Å²) in [4.78, 5) is 24.3. The zero-order valence-electron chi connectivity index (χ0n) is 17.2. The molecule has 5 nitrogen and oxygen atoms in total. The van der Waals surface area contributed by atoms with Gasteiger partial charge in [-0.05, 0) is 68.9 Å². The molecule has 0 aliphatic heterocycles. The number of hydrogen-bond acceptors (Lipinski definition) is 5. The van der Waals surface area contributed by atoms with Crippen LogP contribution >= 0.6 is 0 Å². The second-order valence-electron chi connectivity index (χ2n) is 8.00. The quantitative estimate of drug-likeness (QED) is 0.448. The standard InChI is InChI=1S/C23H30O5/c1-16-7-5-9-17(15-24)13-21(23(2,3)12-6-8-16)28-22(26)18-10-11-19(25)20(14-18)27-4/h7,10-11,13-15,21,25H,5-6,8-9,12H2,1-4H3. The number of ether oxygens (including phenoxy) is 2. The van der Waals surface area contributed by atoms with E-state index < -0.39 is 12.1 Å². The van der Waals surface area contributed by atoms with E-state index in [1.807, 2.05) is 0 Å². The Morgan fingerprint density at radius 1 is 1.29 bits per heavy atom. The zero-order valence-corrected chi connectivity index (χ0v) is 17.2. The molecule has 1 N–H and O–H groups in total. The molecule has 1 atom stereocenters. The van der Waals surface area contributed by atoms with Gasteiger partial charge in [0.2, 0.25) is 0 Å². The van der Waals surface area contributed by atoms with Crippen LogP contribution in [0.1, 0.15) is 63.2 Å². The fraction of sp³-hybridized carbons (Fsp3) is 0.478. The van der Waals surface area contributed by atoms with Crippen LogP contribution in [-0.2, 0) is 9.53 Å². The van der Waals surface area contributed by atoms with E-state index in [0.29, 0.717) is 17.6 Å².